The summed E-state index contributed by atoms with van der Waals surface area (Å²) >= 11 is 3.45. The highest BCUT2D eigenvalue weighted by molar-refractivity contribution is 9.10. The Morgan fingerprint density at radius 1 is 0.875 bits per heavy atom. The minimum atomic E-state index is -0.730. The fourth-order valence-electron chi connectivity index (χ4n) is 4.76. The second-order valence-electron chi connectivity index (χ2n) is 10.1. The van der Waals surface area contributed by atoms with Gasteiger partial charge in [0.15, 0.2) is 0 Å². The first-order valence-electron chi connectivity index (χ1n) is 13.6. The lowest BCUT2D eigenvalue weighted by molar-refractivity contribution is -0.141. The van der Waals surface area contributed by atoms with Crippen molar-refractivity contribution in [2.75, 3.05) is 6.54 Å². The van der Waals surface area contributed by atoms with Crippen LogP contribution in [0.5, 0.6) is 0 Å². The van der Waals surface area contributed by atoms with Crippen LogP contribution in [-0.2, 0) is 22.6 Å². The van der Waals surface area contributed by atoms with Crippen molar-refractivity contribution in [2.24, 2.45) is 0 Å². The van der Waals surface area contributed by atoms with Crippen LogP contribution in [0.1, 0.15) is 65.0 Å². The molecule has 3 aromatic carbocycles. The summed E-state index contributed by atoms with van der Waals surface area (Å²) in [5.74, 6) is -1.09. The van der Waals surface area contributed by atoms with Crippen LogP contribution in [-0.4, -0.2) is 52.1 Å². The quantitative estimate of drug-likeness (QED) is 0.282. The van der Waals surface area contributed by atoms with Crippen LogP contribution >= 0.6 is 15.9 Å². The van der Waals surface area contributed by atoms with E-state index in [1.165, 1.54) is 4.90 Å². The number of fused-ring (bicyclic) bond motifs is 1. The Labute approximate surface area is 243 Å². The van der Waals surface area contributed by atoms with E-state index in [4.69, 9.17) is 0 Å². The molecule has 208 valence electrons. The third-order valence-electron chi connectivity index (χ3n) is 7.19. The highest BCUT2D eigenvalue weighted by atomic mass is 79.9. The van der Waals surface area contributed by atoms with E-state index in [0.717, 1.165) is 22.0 Å². The Kier molecular flexibility index (Phi) is 9.88. The highest BCUT2D eigenvalue weighted by Gasteiger charge is 2.35. The summed E-state index contributed by atoms with van der Waals surface area (Å²) in [5.41, 5.74) is 2.62. The molecule has 2 atom stereocenters. The lowest BCUT2D eigenvalue weighted by Crippen LogP contribution is -2.52. The van der Waals surface area contributed by atoms with Gasteiger partial charge in [-0.2, -0.15) is 0 Å². The topological polar surface area (TPSA) is 86.8 Å². The van der Waals surface area contributed by atoms with Crippen molar-refractivity contribution in [3.8, 4) is 0 Å². The van der Waals surface area contributed by atoms with Gasteiger partial charge in [-0.15, -0.1) is 0 Å². The molecule has 0 saturated heterocycles. The van der Waals surface area contributed by atoms with Crippen LogP contribution in [0.2, 0.25) is 0 Å². The normalized spacial score (nSPS) is 14.0. The van der Waals surface area contributed by atoms with Crippen molar-refractivity contribution in [3.05, 3.63) is 106 Å². The van der Waals surface area contributed by atoms with Crippen LogP contribution in [0.3, 0.4) is 0 Å². The van der Waals surface area contributed by atoms with Crippen LogP contribution in [0.15, 0.2) is 83.3 Å². The molecule has 0 radical (unpaired) electrons. The second kappa shape index (κ2) is 13.5. The Morgan fingerprint density at radius 2 is 1.48 bits per heavy atom. The molecule has 1 N–H and O–H groups in total. The third-order valence-corrected chi connectivity index (χ3v) is 7.72. The average Bonchev–Trinajstić information content (AvgIpc) is 3.21. The number of hydrogen-bond acceptors (Lipinski definition) is 4. The molecular weight excluding hydrogens is 570 g/mol. The van der Waals surface area contributed by atoms with Crippen molar-refractivity contribution < 1.29 is 19.2 Å². The van der Waals surface area contributed by atoms with Crippen LogP contribution in [0.25, 0.3) is 0 Å². The first kappa shape index (κ1) is 29.2. The Hall–Kier alpha value is -3.78. The number of nitrogens with zero attached hydrogens (tertiary/aromatic N) is 2. The van der Waals surface area contributed by atoms with Crippen LogP contribution < -0.4 is 5.32 Å². The number of benzene rings is 3. The number of carbonyl (C=O) groups is 4. The molecule has 0 aliphatic carbocycles. The van der Waals surface area contributed by atoms with Gasteiger partial charge in [-0.05, 0) is 55.2 Å². The lowest BCUT2D eigenvalue weighted by atomic mass is 10.0. The molecule has 3 aromatic rings. The number of halogens is 1. The number of rotatable bonds is 12. The van der Waals surface area contributed by atoms with Gasteiger partial charge >= 0.3 is 0 Å². The third kappa shape index (κ3) is 7.04. The minimum absolute atomic E-state index is 0.0378. The standard InChI is InChI=1S/C32H34BrN3O4/c1-3-22(2)34-30(38)28(20-23-10-5-4-6-11-23)36(21-24-15-17-25(33)18-16-24)29(37)14-9-19-35-31(39)26-12-7-8-13-27(26)32(35)40/h4-8,10-13,15-18,22,28H,3,9,14,19-21H2,1-2H3,(H,34,38)/t22-,28+/m0/s1. The summed E-state index contributed by atoms with van der Waals surface area (Å²) in [6, 6.07) is 23.3. The predicted molar refractivity (Wildman–Crippen MR) is 158 cm³/mol. The van der Waals surface area contributed by atoms with Gasteiger partial charge in [0, 0.05) is 36.4 Å². The van der Waals surface area contributed by atoms with E-state index in [9.17, 15) is 19.2 Å². The molecule has 1 heterocycles. The zero-order valence-electron chi connectivity index (χ0n) is 22.8. The fraction of sp³-hybridized carbons (Fsp3) is 0.312. The maximum Gasteiger partial charge on any atom is 0.261 e. The first-order valence-corrected chi connectivity index (χ1v) is 14.4. The summed E-state index contributed by atoms with van der Waals surface area (Å²) in [6.45, 7) is 4.33. The van der Waals surface area contributed by atoms with E-state index in [1.807, 2.05) is 68.4 Å². The van der Waals surface area contributed by atoms with Crippen molar-refractivity contribution in [2.45, 2.75) is 58.2 Å². The molecule has 0 saturated carbocycles. The Morgan fingerprint density at radius 3 is 2.08 bits per heavy atom. The van der Waals surface area contributed by atoms with Crippen molar-refractivity contribution >= 4 is 39.6 Å². The minimum Gasteiger partial charge on any atom is -0.352 e. The van der Waals surface area contributed by atoms with E-state index in [0.29, 0.717) is 24.0 Å². The molecule has 1 aliphatic rings. The Balaban J connectivity index is 1.54. The molecule has 8 heteroatoms. The summed E-state index contributed by atoms with van der Waals surface area (Å²) in [5, 5.41) is 3.06. The van der Waals surface area contributed by atoms with E-state index in [1.54, 1.807) is 29.2 Å². The molecule has 0 fully saturated rings. The van der Waals surface area contributed by atoms with Gasteiger partial charge in [0.05, 0.1) is 11.1 Å². The largest absolute Gasteiger partial charge is 0.352 e. The van der Waals surface area contributed by atoms with Gasteiger partial charge < -0.3 is 10.2 Å². The van der Waals surface area contributed by atoms with Crippen molar-refractivity contribution in [1.29, 1.82) is 0 Å². The molecule has 0 bridgehead atoms. The molecule has 1 aliphatic heterocycles. The smallest absolute Gasteiger partial charge is 0.261 e. The van der Waals surface area contributed by atoms with Crippen molar-refractivity contribution in [1.82, 2.24) is 15.1 Å². The average molecular weight is 605 g/mol. The van der Waals surface area contributed by atoms with E-state index >= 15 is 0 Å². The van der Waals surface area contributed by atoms with E-state index in [-0.39, 0.29) is 49.2 Å². The lowest BCUT2D eigenvalue weighted by Gasteiger charge is -2.32. The molecule has 0 spiro atoms. The number of hydrogen-bond donors (Lipinski definition) is 1. The molecular formula is C32H34BrN3O4. The second-order valence-corrected chi connectivity index (χ2v) is 11.0. The van der Waals surface area contributed by atoms with Gasteiger partial charge in [-0.1, -0.05) is 77.5 Å². The monoisotopic (exact) mass is 603 g/mol. The highest BCUT2D eigenvalue weighted by Crippen LogP contribution is 2.23. The Bertz CT molecular complexity index is 1330. The zero-order chi connectivity index (χ0) is 28.6. The molecule has 4 amide bonds. The molecule has 7 nitrogen and oxygen atoms in total. The van der Waals surface area contributed by atoms with Gasteiger partial charge in [-0.3, -0.25) is 24.1 Å². The van der Waals surface area contributed by atoms with Gasteiger partial charge in [0.2, 0.25) is 11.8 Å². The molecule has 40 heavy (non-hydrogen) atoms. The number of amides is 4. The van der Waals surface area contributed by atoms with E-state index < -0.39 is 6.04 Å². The van der Waals surface area contributed by atoms with Gasteiger partial charge in [0.25, 0.3) is 11.8 Å². The molecule has 0 aromatic heterocycles. The summed E-state index contributed by atoms with van der Waals surface area (Å²) in [6.07, 6.45) is 1.52. The van der Waals surface area contributed by atoms with E-state index in [2.05, 4.69) is 21.2 Å². The molecule has 4 rings (SSSR count). The summed E-state index contributed by atoms with van der Waals surface area (Å²) in [4.78, 5) is 55.8. The molecule has 0 unspecified atom stereocenters. The number of imide groups is 1. The first-order chi connectivity index (χ1) is 19.3. The number of nitrogens with one attached hydrogen (secondary N) is 1. The zero-order valence-corrected chi connectivity index (χ0v) is 24.4. The van der Waals surface area contributed by atoms with Gasteiger partial charge in [0.1, 0.15) is 6.04 Å². The number of carbonyl (C=O) groups excluding carboxylic acids is 4. The summed E-state index contributed by atoms with van der Waals surface area (Å²) in [7, 11) is 0. The summed E-state index contributed by atoms with van der Waals surface area (Å²) < 4.78 is 0.922. The van der Waals surface area contributed by atoms with Crippen LogP contribution in [0.4, 0.5) is 0 Å². The predicted octanol–water partition coefficient (Wildman–Crippen LogP) is 5.38. The van der Waals surface area contributed by atoms with Crippen LogP contribution in [0, 0.1) is 0 Å². The van der Waals surface area contributed by atoms with Gasteiger partial charge in [-0.25, -0.2) is 0 Å². The SMILES string of the molecule is CC[C@H](C)NC(=O)[C@@H](Cc1ccccc1)N(Cc1ccc(Br)cc1)C(=O)CCCN1C(=O)c2ccccc2C1=O. The fourth-order valence-corrected chi connectivity index (χ4v) is 5.02. The van der Waals surface area contributed by atoms with Crippen molar-refractivity contribution in [3.63, 3.8) is 0 Å². The maximum atomic E-state index is 13.8. The maximum absolute atomic E-state index is 13.8.